The lowest BCUT2D eigenvalue weighted by atomic mass is 10.1. The molecule has 0 fully saturated rings. The van der Waals surface area contributed by atoms with Gasteiger partial charge in [0.15, 0.2) is 0 Å². The summed E-state index contributed by atoms with van der Waals surface area (Å²) in [5.41, 5.74) is 1.54. The summed E-state index contributed by atoms with van der Waals surface area (Å²) in [6.45, 7) is 2.50. The molecule has 0 spiro atoms. The van der Waals surface area contributed by atoms with Gasteiger partial charge in [0.25, 0.3) is 5.56 Å². The fourth-order valence-electron chi connectivity index (χ4n) is 1.72. The summed E-state index contributed by atoms with van der Waals surface area (Å²) in [5, 5.41) is 15.1. The Morgan fingerprint density at radius 1 is 1.42 bits per heavy atom. The first-order valence-corrected chi connectivity index (χ1v) is 5.93. The monoisotopic (exact) mass is 255 g/mol. The Kier molecular flexibility index (Phi) is 3.94. The van der Waals surface area contributed by atoms with E-state index in [1.54, 1.807) is 6.07 Å². The van der Waals surface area contributed by atoms with Gasteiger partial charge in [-0.05, 0) is 25.1 Å². The first-order valence-electron chi connectivity index (χ1n) is 5.93. The van der Waals surface area contributed by atoms with Crippen LogP contribution in [0.25, 0.3) is 11.3 Å². The molecule has 0 atom stereocenters. The van der Waals surface area contributed by atoms with Crippen LogP contribution in [-0.4, -0.2) is 16.8 Å². The van der Waals surface area contributed by atoms with E-state index in [0.29, 0.717) is 17.9 Å². The molecule has 1 aromatic heterocycles. The van der Waals surface area contributed by atoms with E-state index in [2.05, 4.69) is 10.2 Å². The highest BCUT2D eigenvalue weighted by Gasteiger charge is 2.06. The van der Waals surface area contributed by atoms with Gasteiger partial charge in [-0.3, -0.25) is 4.79 Å². The number of hydrogen-bond donors (Lipinski definition) is 1. The minimum Gasteiger partial charge on any atom is -0.494 e. The molecule has 5 heteroatoms. The topological polar surface area (TPSA) is 78.8 Å². The lowest BCUT2D eigenvalue weighted by Gasteiger charge is -2.06. The lowest BCUT2D eigenvalue weighted by molar-refractivity contribution is 0.340. The Labute approximate surface area is 110 Å². The van der Waals surface area contributed by atoms with Gasteiger partial charge < -0.3 is 4.74 Å². The molecule has 0 unspecified atom stereocenters. The van der Waals surface area contributed by atoms with Crippen molar-refractivity contribution < 1.29 is 4.74 Å². The molecule has 0 amide bonds. The van der Waals surface area contributed by atoms with E-state index in [1.165, 1.54) is 0 Å². The second-order valence-electron chi connectivity index (χ2n) is 3.90. The van der Waals surface area contributed by atoms with Gasteiger partial charge in [-0.25, -0.2) is 5.10 Å². The Balaban J connectivity index is 2.41. The van der Waals surface area contributed by atoms with E-state index in [-0.39, 0.29) is 12.0 Å². The SMILES string of the molecule is CCOc1cccc(-c2cc(CC#N)c(=O)[nH]n2)c1. The molecule has 96 valence electrons. The average molecular weight is 255 g/mol. The van der Waals surface area contributed by atoms with Crippen LogP contribution in [0.5, 0.6) is 5.75 Å². The predicted octanol–water partition coefficient (Wildman–Crippen LogP) is 1.90. The zero-order valence-electron chi connectivity index (χ0n) is 10.5. The number of benzene rings is 1. The summed E-state index contributed by atoms with van der Waals surface area (Å²) in [5.74, 6) is 0.745. The molecule has 0 bridgehead atoms. The summed E-state index contributed by atoms with van der Waals surface area (Å²) in [6, 6.07) is 11.0. The van der Waals surface area contributed by atoms with E-state index in [1.807, 2.05) is 37.3 Å². The second-order valence-corrected chi connectivity index (χ2v) is 3.90. The van der Waals surface area contributed by atoms with Crippen LogP contribution in [0.2, 0.25) is 0 Å². The third kappa shape index (κ3) is 2.99. The number of nitrogens with one attached hydrogen (secondary N) is 1. The van der Waals surface area contributed by atoms with Crippen molar-refractivity contribution >= 4 is 0 Å². The normalized spacial score (nSPS) is 9.89. The Bertz CT molecular complexity index is 671. The van der Waals surface area contributed by atoms with Crippen LogP contribution in [0.15, 0.2) is 35.1 Å². The van der Waals surface area contributed by atoms with Crippen molar-refractivity contribution in [3.8, 4) is 23.1 Å². The predicted molar refractivity (Wildman–Crippen MR) is 70.8 cm³/mol. The number of rotatable bonds is 4. The van der Waals surface area contributed by atoms with Gasteiger partial charge in [0, 0.05) is 11.1 Å². The number of aromatic nitrogens is 2. The molecule has 1 N–H and O–H groups in total. The second kappa shape index (κ2) is 5.83. The van der Waals surface area contributed by atoms with Gasteiger partial charge in [-0.15, -0.1) is 0 Å². The Morgan fingerprint density at radius 2 is 2.26 bits per heavy atom. The van der Waals surface area contributed by atoms with Crippen LogP contribution >= 0.6 is 0 Å². The summed E-state index contributed by atoms with van der Waals surface area (Å²) in [6.07, 6.45) is 0.0655. The first kappa shape index (κ1) is 12.8. The van der Waals surface area contributed by atoms with Crippen molar-refractivity contribution in [3.63, 3.8) is 0 Å². The van der Waals surface area contributed by atoms with E-state index in [4.69, 9.17) is 10.00 Å². The molecule has 1 heterocycles. The molecular formula is C14H13N3O2. The van der Waals surface area contributed by atoms with E-state index in [9.17, 15) is 4.79 Å². The van der Waals surface area contributed by atoms with E-state index < -0.39 is 0 Å². The number of H-pyrrole nitrogens is 1. The molecule has 19 heavy (non-hydrogen) atoms. The molecule has 5 nitrogen and oxygen atoms in total. The smallest absolute Gasteiger partial charge is 0.268 e. The van der Waals surface area contributed by atoms with Gasteiger partial charge in [-0.2, -0.15) is 10.4 Å². The van der Waals surface area contributed by atoms with Crippen LogP contribution < -0.4 is 10.3 Å². The molecular weight excluding hydrogens is 242 g/mol. The summed E-state index contributed by atoms with van der Waals surface area (Å²) < 4.78 is 5.42. The number of nitriles is 1. The van der Waals surface area contributed by atoms with Gasteiger partial charge >= 0.3 is 0 Å². The molecule has 0 aliphatic carbocycles. The van der Waals surface area contributed by atoms with Gasteiger partial charge in [-0.1, -0.05) is 12.1 Å². The summed E-state index contributed by atoms with van der Waals surface area (Å²) in [7, 11) is 0. The van der Waals surface area contributed by atoms with Gasteiger partial charge in [0.1, 0.15) is 5.75 Å². The van der Waals surface area contributed by atoms with Crippen molar-refractivity contribution in [2.24, 2.45) is 0 Å². The number of hydrogen-bond acceptors (Lipinski definition) is 4. The molecule has 0 saturated carbocycles. The Morgan fingerprint density at radius 3 is 3.00 bits per heavy atom. The zero-order valence-corrected chi connectivity index (χ0v) is 10.5. The molecule has 2 aromatic rings. The molecule has 2 rings (SSSR count). The van der Waals surface area contributed by atoms with Crippen molar-refractivity contribution in [1.82, 2.24) is 10.2 Å². The minimum absolute atomic E-state index is 0.0655. The maximum absolute atomic E-state index is 11.5. The minimum atomic E-state index is -0.328. The number of ether oxygens (including phenoxy) is 1. The van der Waals surface area contributed by atoms with Crippen molar-refractivity contribution in [3.05, 3.63) is 46.2 Å². The van der Waals surface area contributed by atoms with E-state index in [0.717, 1.165) is 11.3 Å². The molecule has 0 aliphatic rings. The zero-order chi connectivity index (χ0) is 13.7. The third-order valence-corrected chi connectivity index (χ3v) is 2.59. The highest BCUT2D eigenvalue weighted by molar-refractivity contribution is 5.61. The van der Waals surface area contributed by atoms with Crippen molar-refractivity contribution in [1.29, 1.82) is 5.26 Å². The maximum atomic E-state index is 11.5. The largest absolute Gasteiger partial charge is 0.494 e. The highest BCUT2D eigenvalue weighted by atomic mass is 16.5. The van der Waals surface area contributed by atoms with Crippen LogP contribution in [0, 0.1) is 11.3 Å². The van der Waals surface area contributed by atoms with Crippen molar-refractivity contribution in [2.75, 3.05) is 6.61 Å². The van der Waals surface area contributed by atoms with Crippen LogP contribution in [-0.2, 0) is 6.42 Å². The number of nitrogens with zero attached hydrogens (tertiary/aromatic N) is 2. The number of aromatic amines is 1. The lowest BCUT2D eigenvalue weighted by Crippen LogP contribution is -2.14. The van der Waals surface area contributed by atoms with Crippen LogP contribution in [0.4, 0.5) is 0 Å². The molecule has 1 aromatic carbocycles. The van der Waals surface area contributed by atoms with Crippen LogP contribution in [0.1, 0.15) is 12.5 Å². The maximum Gasteiger partial charge on any atom is 0.268 e. The van der Waals surface area contributed by atoms with E-state index >= 15 is 0 Å². The van der Waals surface area contributed by atoms with Gasteiger partial charge in [0.2, 0.25) is 0 Å². The third-order valence-electron chi connectivity index (χ3n) is 2.59. The average Bonchev–Trinajstić information content (AvgIpc) is 2.42. The van der Waals surface area contributed by atoms with Gasteiger partial charge in [0.05, 0.1) is 24.8 Å². The van der Waals surface area contributed by atoms with Crippen LogP contribution in [0.3, 0.4) is 0 Å². The fraction of sp³-hybridized carbons (Fsp3) is 0.214. The fourth-order valence-corrected chi connectivity index (χ4v) is 1.72. The molecule has 0 saturated heterocycles. The van der Waals surface area contributed by atoms with Crippen molar-refractivity contribution in [2.45, 2.75) is 13.3 Å². The molecule has 0 aliphatic heterocycles. The first-order chi connectivity index (χ1) is 9.24. The molecule has 0 radical (unpaired) electrons. The summed E-state index contributed by atoms with van der Waals surface area (Å²) >= 11 is 0. The Hall–Kier alpha value is -2.61. The standard InChI is InChI=1S/C14H13N3O2/c1-2-19-12-5-3-4-10(8-12)13-9-11(6-7-15)14(18)17-16-13/h3-5,8-9H,2,6H2,1H3,(H,17,18). The highest BCUT2D eigenvalue weighted by Crippen LogP contribution is 2.21. The quantitative estimate of drug-likeness (QED) is 0.905. The summed E-state index contributed by atoms with van der Waals surface area (Å²) in [4.78, 5) is 11.5.